The number of hydrogen-bond acceptors (Lipinski definition) is 4. The van der Waals surface area contributed by atoms with Crippen LogP contribution in [-0.2, 0) is 11.8 Å². The normalized spacial score (nSPS) is 11.7. The number of aromatic nitrogens is 2. The van der Waals surface area contributed by atoms with Crippen molar-refractivity contribution in [2.24, 2.45) is 0 Å². The first-order chi connectivity index (χ1) is 19.3. The molecule has 3 aromatic carbocycles. The van der Waals surface area contributed by atoms with Crippen LogP contribution in [0, 0.1) is 0 Å². The molecular weight excluding hydrogens is 518 g/mol. The van der Waals surface area contributed by atoms with Crippen LogP contribution in [0.25, 0.3) is 16.9 Å². The number of rotatable bonds is 13. The number of hydrogen-bond donors (Lipinski definition) is 0. The Morgan fingerprint density at radius 1 is 0.850 bits per heavy atom. The molecule has 0 saturated carbocycles. The summed E-state index contributed by atoms with van der Waals surface area (Å²) in [6.07, 6.45) is 3.95. The Bertz CT molecular complexity index is 1340. The molecule has 1 aromatic heterocycles. The van der Waals surface area contributed by atoms with Gasteiger partial charge in [-0.05, 0) is 85.7 Å². The van der Waals surface area contributed by atoms with E-state index in [0.29, 0.717) is 6.61 Å². The van der Waals surface area contributed by atoms with Gasteiger partial charge in [0.1, 0.15) is 17.3 Å². The van der Waals surface area contributed by atoms with Gasteiger partial charge in [-0.25, -0.2) is 4.98 Å². The third kappa shape index (κ3) is 8.12. The van der Waals surface area contributed by atoms with E-state index in [9.17, 15) is 0 Å². The minimum absolute atomic E-state index is 0.124. The van der Waals surface area contributed by atoms with E-state index >= 15 is 0 Å². The van der Waals surface area contributed by atoms with Crippen LogP contribution in [-0.4, -0.2) is 47.3 Å². The molecule has 0 N–H and O–H groups in total. The summed E-state index contributed by atoms with van der Waals surface area (Å²) >= 11 is 6.09. The predicted molar refractivity (Wildman–Crippen MR) is 166 cm³/mol. The summed E-state index contributed by atoms with van der Waals surface area (Å²) in [5, 5.41) is 0.751. The van der Waals surface area contributed by atoms with Gasteiger partial charge in [0.05, 0.1) is 18.9 Å². The van der Waals surface area contributed by atoms with E-state index in [1.807, 2.05) is 42.5 Å². The highest BCUT2D eigenvalue weighted by molar-refractivity contribution is 6.30. The monoisotopic (exact) mass is 559 g/mol. The zero-order valence-electron chi connectivity index (χ0n) is 24.5. The number of benzene rings is 3. The molecule has 4 aromatic rings. The van der Waals surface area contributed by atoms with E-state index in [-0.39, 0.29) is 5.41 Å². The SMILES string of the molecule is CCN(CC)CCCOc1ccc(-n2cc(-c3ccc(OCCc4cccc(Cl)c4)cc3)nc2C(C)(C)C)cc1. The van der Waals surface area contributed by atoms with Gasteiger partial charge in [0.15, 0.2) is 0 Å². The summed E-state index contributed by atoms with van der Waals surface area (Å²) in [6.45, 7) is 15.5. The standard InChI is InChI=1S/C34H42ClN3O2/c1-6-37(7-2)21-9-22-39-31-18-14-29(15-19-31)38-25-32(36-33(38)34(3,4)5)27-12-16-30(17-13-27)40-23-20-26-10-8-11-28(35)24-26/h8,10-19,24-25H,6-7,9,20-23H2,1-5H3. The first-order valence-electron chi connectivity index (χ1n) is 14.3. The molecule has 0 atom stereocenters. The maximum atomic E-state index is 6.09. The van der Waals surface area contributed by atoms with Crippen molar-refractivity contribution >= 4 is 11.6 Å². The maximum Gasteiger partial charge on any atom is 0.119 e. The highest BCUT2D eigenvalue weighted by Crippen LogP contribution is 2.30. The fraction of sp³-hybridized carbons (Fsp3) is 0.382. The lowest BCUT2D eigenvalue weighted by atomic mass is 9.95. The highest BCUT2D eigenvalue weighted by Gasteiger charge is 2.23. The average molecular weight is 560 g/mol. The van der Waals surface area contributed by atoms with Crippen LogP contribution >= 0.6 is 11.6 Å². The molecular formula is C34H42ClN3O2. The van der Waals surface area contributed by atoms with Crippen molar-refractivity contribution in [2.75, 3.05) is 32.8 Å². The van der Waals surface area contributed by atoms with E-state index < -0.39 is 0 Å². The van der Waals surface area contributed by atoms with Crippen LogP contribution in [0.1, 0.15) is 52.4 Å². The van der Waals surface area contributed by atoms with Crippen molar-refractivity contribution in [1.82, 2.24) is 14.5 Å². The van der Waals surface area contributed by atoms with Crippen molar-refractivity contribution in [1.29, 1.82) is 0 Å². The fourth-order valence-electron chi connectivity index (χ4n) is 4.67. The van der Waals surface area contributed by atoms with Crippen molar-refractivity contribution in [2.45, 2.75) is 52.9 Å². The van der Waals surface area contributed by atoms with Crippen molar-refractivity contribution in [3.8, 4) is 28.4 Å². The van der Waals surface area contributed by atoms with Crippen LogP contribution < -0.4 is 9.47 Å². The minimum atomic E-state index is -0.124. The Hall–Kier alpha value is -3.28. The third-order valence-corrected chi connectivity index (χ3v) is 7.21. The topological polar surface area (TPSA) is 39.5 Å². The first kappa shape index (κ1) is 29.7. The number of ether oxygens (including phenoxy) is 2. The van der Waals surface area contributed by atoms with Crippen LogP contribution in [0.5, 0.6) is 11.5 Å². The fourth-order valence-corrected chi connectivity index (χ4v) is 4.88. The van der Waals surface area contributed by atoms with Gasteiger partial charge in [0.2, 0.25) is 0 Å². The van der Waals surface area contributed by atoms with Gasteiger partial charge in [-0.2, -0.15) is 0 Å². The Kier molecular flexibility index (Phi) is 10.3. The minimum Gasteiger partial charge on any atom is -0.494 e. The molecule has 5 nitrogen and oxygen atoms in total. The van der Waals surface area contributed by atoms with Gasteiger partial charge in [-0.15, -0.1) is 0 Å². The smallest absolute Gasteiger partial charge is 0.119 e. The molecule has 40 heavy (non-hydrogen) atoms. The highest BCUT2D eigenvalue weighted by atomic mass is 35.5. The summed E-state index contributed by atoms with van der Waals surface area (Å²) in [7, 11) is 0. The molecule has 0 bridgehead atoms. The van der Waals surface area contributed by atoms with Gasteiger partial charge in [0.25, 0.3) is 0 Å². The summed E-state index contributed by atoms with van der Waals surface area (Å²) in [6, 6.07) is 24.4. The van der Waals surface area contributed by atoms with E-state index in [1.54, 1.807) is 0 Å². The lowest BCUT2D eigenvalue weighted by molar-refractivity contribution is 0.249. The molecule has 4 rings (SSSR count). The lowest BCUT2D eigenvalue weighted by Crippen LogP contribution is -2.25. The van der Waals surface area contributed by atoms with Gasteiger partial charge >= 0.3 is 0 Å². The Morgan fingerprint density at radius 3 is 2.12 bits per heavy atom. The Labute approximate surface area is 244 Å². The molecule has 6 heteroatoms. The van der Waals surface area contributed by atoms with E-state index in [2.05, 4.69) is 80.6 Å². The van der Waals surface area contributed by atoms with E-state index in [4.69, 9.17) is 26.1 Å². The molecule has 0 saturated heterocycles. The molecule has 0 aliphatic heterocycles. The largest absolute Gasteiger partial charge is 0.494 e. The second kappa shape index (κ2) is 13.9. The van der Waals surface area contributed by atoms with Crippen molar-refractivity contribution < 1.29 is 9.47 Å². The summed E-state index contributed by atoms with van der Waals surface area (Å²) in [5.41, 5.74) is 4.10. The van der Waals surface area contributed by atoms with E-state index in [0.717, 1.165) is 78.4 Å². The number of halogens is 1. The molecule has 0 unspecified atom stereocenters. The third-order valence-electron chi connectivity index (χ3n) is 6.97. The average Bonchev–Trinajstić information content (AvgIpc) is 3.40. The second-order valence-electron chi connectivity index (χ2n) is 11.0. The van der Waals surface area contributed by atoms with Crippen molar-refractivity contribution in [3.63, 3.8) is 0 Å². The number of imidazole rings is 1. The molecule has 212 valence electrons. The molecule has 0 fully saturated rings. The van der Waals surface area contributed by atoms with Crippen LogP contribution in [0.4, 0.5) is 0 Å². The molecule has 1 heterocycles. The first-order valence-corrected chi connectivity index (χ1v) is 14.7. The Balaban J connectivity index is 1.41. The van der Waals surface area contributed by atoms with E-state index in [1.165, 1.54) is 5.56 Å². The van der Waals surface area contributed by atoms with Gasteiger partial charge in [0, 0.05) is 40.9 Å². The van der Waals surface area contributed by atoms with Crippen molar-refractivity contribution in [3.05, 3.63) is 95.4 Å². The van der Waals surface area contributed by atoms with Crippen LogP contribution in [0.2, 0.25) is 5.02 Å². The van der Waals surface area contributed by atoms with Gasteiger partial charge < -0.3 is 18.9 Å². The predicted octanol–water partition coefficient (Wildman–Crippen LogP) is 8.22. The van der Waals surface area contributed by atoms with Crippen LogP contribution in [0.15, 0.2) is 79.0 Å². The summed E-state index contributed by atoms with van der Waals surface area (Å²) in [4.78, 5) is 7.47. The zero-order valence-corrected chi connectivity index (χ0v) is 25.2. The maximum absolute atomic E-state index is 6.09. The molecule has 0 aliphatic rings. The summed E-state index contributed by atoms with van der Waals surface area (Å²) in [5.74, 6) is 2.75. The second-order valence-corrected chi connectivity index (χ2v) is 11.5. The molecule has 0 radical (unpaired) electrons. The van der Waals surface area contributed by atoms with Crippen LogP contribution in [0.3, 0.4) is 0 Å². The number of nitrogens with zero attached hydrogens (tertiary/aromatic N) is 3. The molecule has 0 aliphatic carbocycles. The van der Waals surface area contributed by atoms with Gasteiger partial charge in [-0.3, -0.25) is 0 Å². The summed E-state index contributed by atoms with van der Waals surface area (Å²) < 4.78 is 14.2. The molecule has 0 amide bonds. The molecule has 0 spiro atoms. The van der Waals surface area contributed by atoms with Gasteiger partial charge in [-0.1, -0.05) is 58.4 Å². The zero-order chi connectivity index (χ0) is 28.5. The lowest BCUT2D eigenvalue weighted by Gasteiger charge is -2.20. The quantitative estimate of drug-likeness (QED) is 0.155. The Morgan fingerprint density at radius 2 is 1.50 bits per heavy atom.